The Bertz CT molecular complexity index is 900. The first kappa shape index (κ1) is 18.5. The lowest BCUT2D eigenvalue weighted by atomic mass is 10.1. The maximum absolute atomic E-state index is 11.5. The number of benzene rings is 1. The molecule has 0 spiro atoms. The summed E-state index contributed by atoms with van der Waals surface area (Å²) >= 11 is 0. The van der Waals surface area contributed by atoms with Crippen LogP contribution in [0.1, 0.15) is 6.92 Å². The van der Waals surface area contributed by atoms with E-state index in [4.69, 9.17) is 18.6 Å². The van der Waals surface area contributed by atoms with E-state index in [1.165, 1.54) is 14.2 Å². The van der Waals surface area contributed by atoms with Crippen molar-refractivity contribution < 1.29 is 36.9 Å². The van der Waals surface area contributed by atoms with E-state index < -0.39 is 33.4 Å². The number of para-hydroxylation sites is 1. The third-order valence-electron chi connectivity index (χ3n) is 3.01. The van der Waals surface area contributed by atoms with Crippen LogP contribution < -0.4 is 18.9 Å². The Labute approximate surface area is 144 Å². The van der Waals surface area contributed by atoms with E-state index in [2.05, 4.69) is 0 Å². The summed E-state index contributed by atoms with van der Waals surface area (Å²) in [6.45, 7) is 1.10. The van der Waals surface area contributed by atoms with Gasteiger partial charge in [-0.3, -0.25) is 9.52 Å². The number of carbonyl (C=O) groups is 1. The van der Waals surface area contributed by atoms with E-state index in [1.54, 1.807) is 18.2 Å². The van der Waals surface area contributed by atoms with Gasteiger partial charge in [0.05, 0.1) is 26.0 Å². The molecule has 1 aromatic heterocycles. The summed E-state index contributed by atoms with van der Waals surface area (Å²) in [6, 6.07) is 4.81. The standard InChI is InChI=1S/C15H17NO8S/c1-8(17)23-14-11(18)13(24-15(14)16-25(4,19)20)9-6-5-7-10(21-2)12(9)22-3/h5-7,16,18H,1-4H3. The smallest absolute Gasteiger partial charge is 0.308 e. The summed E-state index contributed by atoms with van der Waals surface area (Å²) in [4.78, 5) is 11.3. The van der Waals surface area contributed by atoms with Crippen molar-refractivity contribution >= 4 is 21.9 Å². The summed E-state index contributed by atoms with van der Waals surface area (Å²) in [5, 5.41) is 10.4. The molecular weight excluding hydrogens is 354 g/mol. The average molecular weight is 371 g/mol. The first-order valence-corrected chi connectivity index (χ1v) is 8.80. The zero-order valence-corrected chi connectivity index (χ0v) is 14.8. The molecule has 9 nitrogen and oxygen atoms in total. The Kier molecular flexibility index (Phi) is 5.12. The van der Waals surface area contributed by atoms with Crippen molar-refractivity contribution in [1.82, 2.24) is 0 Å². The van der Waals surface area contributed by atoms with Crippen LogP contribution in [-0.2, 0) is 14.8 Å². The average Bonchev–Trinajstić information content (AvgIpc) is 2.80. The molecule has 136 valence electrons. The summed E-state index contributed by atoms with van der Waals surface area (Å²) in [7, 11) is -0.924. The van der Waals surface area contributed by atoms with E-state index in [0.717, 1.165) is 13.2 Å². The molecule has 0 aliphatic rings. The number of furan rings is 1. The third kappa shape index (κ3) is 3.97. The van der Waals surface area contributed by atoms with Crippen molar-refractivity contribution in [1.29, 1.82) is 0 Å². The molecule has 0 radical (unpaired) electrons. The van der Waals surface area contributed by atoms with Crippen molar-refractivity contribution in [2.45, 2.75) is 6.92 Å². The van der Waals surface area contributed by atoms with Crippen molar-refractivity contribution in [3.8, 4) is 34.3 Å². The number of methoxy groups -OCH3 is 2. The van der Waals surface area contributed by atoms with Crippen LogP contribution in [-0.4, -0.2) is 40.0 Å². The predicted molar refractivity (Wildman–Crippen MR) is 88.7 cm³/mol. The Hall–Kier alpha value is -2.88. The van der Waals surface area contributed by atoms with Gasteiger partial charge in [0.1, 0.15) is 0 Å². The van der Waals surface area contributed by atoms with Crippen LogP contribution in [0.2, 0.25) is 0 Å². The molecule has 1 heterocycles. The van der Waals surface area contributed by atoms with E-state index in [-0.39, 0.29) is 17.1 Å². The van der Waals surface area contributed by atoms with Gasteiger partial charge in [0.25, 0.3) is 5.88 Å². The van der Waals surface area contributed by atoms with Gasteiger partial charge in [-0.2, -0.15) is 0 Å². The molecule has 0 amide bonds. The zero-order valence-electron chi connectivity index (χ0n) is 13.9. The molecule has 0 atom stereocenters. The number of anilines is 1. The molecule has 10 heteroatoms. The van der Waals surface area contributed by atoms with Gasteiger partial charge in [0, 0.05) is 6.92 Å². The Morgan fingerprint density at radius 3 is 2.40 bits per heavy atom. The molecule has 0 unspecified atom stereocenters. The highest BCUT2D eigenvalue weighted by atomic mass is 32.2. The van der Waals surface area contributed by atoms with Crippen LogP contribution in [0.3, 0.4) is 0 Å². The van der Waals surface area contributed by atoms with Crippen molar-refractivity contribution in [3.05, 3.63) is 18.2 Å². The highest BCUT2D eigenvalue weighted by molar-refractivity contribution is 7.92. The molecule has 1 aromatic carbocycles. The second kappa shape index (κ2) is 6.93. The Morgan fingerprint density at radius 1 is 1.20 bits per heavy atom. The SMILES string of the molecule is COc1cccc(-c2oc(NS(C)(=O)=O)c(OC(C)=O)c2O)c1OC. The van der Waals surface area contributed by atoms with E-state index >= 15 is 0 Å². The van der Waals surface area contributed by atoms with Crippen LogP contribution in [0.4, 0.5) is 5.88 Å². The fraction of sp³-hybridized carbons (Fsp3) is 0.267. The molecule has 25 heavy (non-hydrogen) atoms. The monoisotopic (exact) mass is 371 g/mol. The maximum Gasteiger partial charge on any atom is 0.308 e. The van der Waals surface area contributed by atoms with E-state index in [0.29, 0.717) is 5.75 Å². The number of carbonyl (C=O) groups excluding carboxylic acids is 1. The Morgan fingerprint density at radius 2 is 1.88 bits per heavy atom. The molecule has 2 aromatic rings. The van der Waals surface area contributed by atoms with Gasteiger partial charge in [-0.05, 0) is 12.1 Å². The molecular formula is C15H17NO8S. The second-order valence-corrected chi connectivity index (χ2v) is 6.70. The summed E-state index contributed by atoms with van der Waals surface area (Å²) in [5.41, 5.74) is 0.273. The minimum atomic E-state index is -3.75. The quantitative estimate of drug-likeness (QED) is 0.739. The van der Waals surface area contributed by atoms with Gasteiger partial charge >= 0.3 is 5.97 Å². The van der Waals surface area contributed by atoms with Gasteiger partial charge in [-0.25, -0.2) is 8.42 Å². The summed E-state index contributed by atoms with van der Waals surface area (Å²) in [5.74, 6) is -1.76. The lowest BCUT2D eigenvalue weighted by molar-refractivity contribution is -0.131. The van der Waals surface area contributed by atoms with Crippen LogP contribution in [0, 0.1) is 0 Å². The van der Waals surface area contributed by atoms with E-state index in [1.807, 2.05) is 4.72 Å². The first-order valence-electron chi connectivity index (χ1n) is 6.91. The number of nitrogens with one attached hydrogen (secondary N) is 1. The molecule has 0 fully saturated rings. The fourth-order valence-corrected chi connectivity index (χ4v) is 2.60. The van der Waals surface area contributed by atoms with Crippen molar-refractivity contribution in [3.63, 3.8) is 0 Å². The lowest BCUT2D eigenvalue weighted by Gasteiger charge is -2.10. The molecule has 0 aliphatic carbocycles. The van der Waals surface area contributed by atoms with Gasteiger partial charge < -0.3 is 23.7 Å². The van der Waals surface area contributed by atoms with Crippen molar-refractivity contribution in [2.24, 2.45) is 0 Å². The minimum Gasteiger partial charge on any atom is -0.502 e. The molecule has 0 saturated carbocycles. The van der Waals surface area contributed by atoms with Crippen LogP contribution >= 0.6 is 0 Å². The predicted octanol–water partition coefficient (Wildman–Crippen LogP) is 1.97. The normalized spacial score (nSPS) is 11.0. The number of rotatable bonds is 6. The topological polar surface area (TPSA) is 124 Å². The van der Waals surface area contributed by atoms with Crippen LogP contribution in [0.25, 0.3) is 11.3 Å². The highest BCUT2D eigenvalue weighted by Gasteiger charge is 2.28. The van der Waals surface area contributed by atoms with Crippen LogP contribution in [0.15, 0.2) is 22.6 Å². The molecule has 0 aliphatic heterocycles. The van der Waals surface area contributed by atoms with Gasteiger partial charge in [-0.1, -0.05) is 6.07 Å². The Balaban J connectivity index is 2.69. The van der Waals surface area contributed by atoms with Gasteiger partial charge in [0.15, 0.2) is 17.3 Å². The number of aromatic hydroxyl groups is 1. The molecule has 2 rings (SSSR count). The number of ether oxygens (including phenoxy) is 3. The summed E-state index contributed by atoms with van der Waals surface area (Å²) < 4.78 is 45.7. The highest BCUT2D eigenvalue weighted by Crippen LogP contribution is 2.50. The first-order chi connectivity index (χ1) is 11.7. The number of hydrogen-bond acceptors (Lipinski definition) is 8. The van der Waals surface area contributed by atoms with Crippen molar-refractivity contribution in [2.75, 3.05) is 25.2 Å². The van der Waals surface area contributed by atoms with E-state index in [9.17, 15) is 18.3 Å². The number of esters is 1. The van der Waals surface area contributed by atoms with Crippen LogP contribution in [0.5, 0.6) is 23.0 Å². The second-order valence-electron chi connectivity index (χ2n) is 4.95. The molecule has 2 N–H and O–H groups in total. The lowest BCUT2D eigenvalue weighted by Crippen LogP contribution is -2.11. The maximum atomic E-state index is 11.5. The third-order valence-corrected chi connectivity index (χ3v) is 3.57. The molecule has 0 bridgehead atoms. The van der Waals surface area contributed by atoms with Gasteiger partial charge in [0.2, 0.25) is 21.5 Å². The van der Waals surface area contributed by atoms with Gasteiger partial charge in [-0.15, -0.1) is 0 Å². The summed E-state index contributed by atoms with van der Waals surface area (Å²) in [6.07, 6.45) is 0.885. The zero-order chi connectivity index (χ0) is 18.8. The fourth-order valence-electron chi connectivity index (χ4n) is 2.13. The number of hydrogen-bond donors (Lipinski definition) is 2. The minimum absolute atomic E-state index is 0.154. The molecule has 0 saturated heterocycles. The number of sulfonamides is 1. The largest absolute Gasteiger partial charge is 0.502 e.